The van der Waals surface area contributed by atoms with Crippen molar-refractivity contribution in [2.45, 2.75) is 32.4 Å². The predicted molar refractivity (Wildman–Crippen MR) is 113 cm³/mol. The Morgan fingerprint density at radius 3 is 2.86 bits per heavy atom. The minimum atomic E-state index is 0.353. The van der Waals surface area contributed by atoms with E-state index in [0.29, 0.717) is 29.4 Å². The molecule has 6 nitrogen and oxygen atoms in total. The van der Waals surface area contributed by atoms with E-state index in [4.69, 9.17) is 26.5 Å². The average Bonchev–Trinajstić information content (AvgIpc) is 3.07. The first-order valence-electron chi connectivity index (χ1n) is 9.67. The molecule has 1 aliphatic rings. The van der Waals surface area contributed by atoms with E-state index in [1.165, 1.54) is 5.56 Å². The van der Waals surface area contributed by atoms with E-state index in [1.807, 2.05) is 37.3 Å². The first kappa shape index (κ1) is 18.9. The molecule has 3 aromatic rings. The maximum absolute atomic E-state index is 6.18. The highest BCUT2D eigenvalue weighted by Gasteiger charge is 2.21. The van der Waals surface area contributed by atoms with Gasteiger partial charge in [-0.1, -0.05) is 17.7 Å². The van der Waals surface area contributed by atoms with Gasteiger partial charge >= 0.3 is 0 Å². The van der Waals surface area contributed by atoms with Crippen molar-refractivity contribution in [3.05, 3.63) is 47.0 Å². The number of oxazole rings is 1. The van der Waals surface area contributed by atoms with Gasteiger partial charge in [0.2, 0.25) is 0 Å². The lowest BCUT2D eigenvalue weighted by Crippen LogP contribution is -2.38. The molecule has 7 heteroatoms. The van der Waals surface area contributed by atoms with E-state index in [2.05, 4.69) is 21.3 Å². The van der Waals surface area contributed by atoms with Crippen LogP contribution in [-0.4, -0.2) is 35.6 Å². The van der Waals surface area contributed by atoms with Crippen LogP contribution < -0.4 is 15.8 Å². The first-order valence-corrected chi connectivity index (χ1v) is 10.0. The fraction of sp³-hybridized carbons (Fsp3) is 0.381. The Labute approximate surface area is 169 Å². The number of nitrogens with one attached hydrogen (secondary N) is 1. The van der Waals surface area contributed by atoms with Gasteiger partial charge in [-0.3, -0.25) is 4.90 Å². The molecular formula is C21H25ClN4O2. The number of rotatable bonds is 6. The second-order valence-corrected chi connectivity index (χ2v) is 7.55. The zero-order valence-electron chi connectivity index (χ0n) is 16.0. The number of nitrogens with two attached hydrogens (primary N) is 1. The van der Waals surface area contributed by atoms with Crippen LogP contribution in [0.3, 0.4) is 0 Å². The predicted octanol–water partition coefficient (Wildman–Crippen LogP) is 4.54. The minimum Gasteiger partial charge on any atom is -0.492 e. The highest BCUT2D eigenvalue weighted by molar-refractivity contribution is 6.32. The maximum atomic E-state index is 6.18. The van der Waals surface area contributed by atoms with Gasteiger partial charge in [0.15, 0.2) is 5.58 Å². The molecule has 0 saturated carbocycles. The zero-order chi connectivity index (χ0) is 19.5. The third-order valence-corrected chi connectivity index (χ3v) is 5.34. The van der Waals surface area contributed by atoms with Gasteiger partial charge in [-0.05, 0) is 55.7 Å². The summed E-state index contributed by atoms with van der Waals surface area (Å²) in [5.74, 6) is 0.759. The molecule has 1 saturated heterocycles. The molecule has 0 unspecified atom stereocenters. The van der Waals surface area contributed by atoms with Gasteiger partial charge in [0.05, 0.1) is 11.6 Å². The normalized spacial score (nSPS) is 15.8. The number of halogens is 1. The Hall–Kier alpha value is -2.44. The number of fused-ring (bicyclic) bond motifs is 1. The summed E-state index contributed by atoms with van der Waals surface area (Å²) in [6, 6.07) is 12.5. The number of hydrogen-bond donors (Lipinski definition) is 2. The van der Waals surface area contributed by atoms with Gasteiger partial charge in [0.1, 0.15) is 11.3 Å². The Morgan fingerprint density at radius 2 is 2.07 bits per heavy atom. The molecule has 1 aliphatic heterocycles. The molecule has 0 bridgehead atoms. The Bertz CT molecular complexity index is 951. The van der Waals surface area contributed by atoms with Crippen LogP contribution in [0.5, 0.6) is 5.75 Å². The van der Waals surface area contributed by atoms with E-state index in [-0.39, 0.29) is 0 Å². The van der Waals surface area contributed by atoms with Crippen molar-refractivity contribution >= 4 is 34.4 Å². The third-order valence-electron chi connectivity index (χ3n) is 5.03. The molecule has 0 aliphatic carbocycles. The van der Waals surface area contributed by atoms with Crippen LogP contribution in [0.4, 0.5) is 11.7 Å². The summed E-state index contributed by atoms with van der Waals surface area (Å²) in [5.41, 5.74) is 9.25. The van der Waals surface area contributed by atoms with Gasteiger partial charge in [-0.2, -0.15) is 4.98 Å². The standard InChI is InChI=1S/C21H25ClN4O2/c1-2-27-20-11-14(3-5-17(20)22)13-26-9-7-16(8-10-26)24-21-25-18-12-15(23)4-6-19(18)28-21/h3-6,11-12,16H,2,7-10,13,23H2,1H3,(H,24,25). The van der Waals surface area contributed by atoms with Crippen LogP contribution in [0.1, 0.15) is 25.3 Å². The lowest BCUT2D eigenvalue weighted by Gasteiger charge is -2.32. The SMILES string of the molecule is CCOc1cc(CN2CCC(Nc3nc4cc(N)ccc4o3)CC2)ccc1Cl. The van der Waals surface area contributed by atoms with Crippen molar-refractivity contribution in [3.63, 3.8) is 0 Å². The van der Waals surface area contributed by atoms with E-state index >= 15 is 0 Å². The topological polar surface area (TPSA) is 76.5 Å². The number of nitrogen functional groups attached to an aromatic ring is 1. The summed E-state index contributed by atoms with van der Waals surface area (Å²) in [7, 11) is 0. The fourth-order valence-corrected chi connectivity index (χ4v) is 3.76. The van der Waals surface area contributed by atoms with Crippen molar-refractivity contribution in [1.82, 2.24) is 9.88 Å². The van der Waals surface area contributed by atoms with Gasteiger partial charge in [0.25, 0.3) is 6.01 Å². The smallest absolute Gasteiger partial charge is 0.295 e. The monoisotopic (exact) mass is 400 g/mol. The first-order chi connectivity index (χ1) is 13.6. The van der Waals surface area contributed by atoms with Crippen LogP contribution in [-0.2, 0) is 6.54 Å². The lowest BCUT2D eigenvalue weighted by atomic mass is 10.0. The van der Waals surface area contributed by atoms with Gasteiger partial charge in [-0.15, -0.1) is 0 Å². The number of hydrogen-bond acceptors (Lipinski definition) is 6. The van der Waals surface area contributed by atoms with Crippen molar-refractivity contribution in [1.29, 1.82) is 0 Å². The molecule has 148 valence electrons. The van der Waals surface area contributed by atoms with E-state index in [9.17, 15) is 0 Å². The number of nitrogens with zero attached hydrogens (tertiary/aromatic N) is 2. The molecule has 28 heavy (non-hydrogen) atoms. The van der Waals surface area contributed by atoms with Crippen molar-refractivity contribution in [2.75, 3.05) is 30.7 Å². The Kier molecular flexibility index (Phi) is 5.59. The summed E-state index contributed by atoms with van der Waals surface area (Å²) in [4.78, 5) is 6.94. The number of likely N-dealkylation sites (tertiary alicyclic amines) is 1. The summed E-state index contributed by atoms with van der Waals surface area (Å²) < 4.78 is 11.4. The second-order valence-electron chi connectivity index (χ2n) is 7.14. The molecule has 4 rings (SSSR count). The molecule has 0 spiro atoms. The number of ether oxygens (including phenoxy) is 1. The van der Waals surface area contributed by atoms with Crippen molar-refractivity contribution < 1.29 is 9.15 Å². The summed E-state index contributed by atoms with van der Waals surface area (Å²) >= 11 is 6.18. The van der Waals surface area contributed by atoms with Crippen LogP contribution in [0, 0.1) is 0 Å². The van der Waals surface area contributed by atoms with E-state index < -0.39 is 0 Å². The highest BCUT2D eigenvalue weighted by Crippen LogP contribution is 2.27. The van der Waals surface area contributed by atoms with Gasteiger partial charge in [0, 0.05) is 31.4 Å². The number of benzene rings is 2. The molecule has 2 aromatic carbocycles. The summed E-state index contributed by atoms with van der Waals surface area (Å²) in [5, 5.41) is 4.09. The molecule has 2 heterocycles. The lowest BCUT2D eigenvalue weighted by molar-refractivity contribution is 0.210. The van der Waals surface area contributed by atoms with Crippen LogP contribution in [0.15, 0.2) is 40.8 Å². The molecule has 1 aromatic heterocycles. The largest absolute Gasteiger partial charge is 0.492 e. The van der Waals surface area contributed by atoms with Crippen LogP contribution in [0.2, 0.25) is 5.02 Å². The Balaban J connectivity index is 1.32. The average molecular weight is 401 g/mol. The van der Waals surface area contributed by atoms with E-state index in [0.717, 1.165) is 49.3 Å². The van der Waals surface area contributed by atoms with E-state index in [1.54, 1.807) is 0 Å². The third kappa shape index (κ3) is 4.34. The summed E-state index contributed by atoms with van der Waals surface area (Å²) in [6.07, 6.45) is 2.07. The maximum Gasteiger partial charge on any atom is 0.295 e. The molecule has 0 atom stereocenters. The molecule has 0 amide bonds. The molecular weight excluding hydrogens is 376 g/mol. The Morgan fingerprint density at radius 1 is 1.25 bits per heavy atom. The second kappa shape index (κ2) is 8.29. The van der Waals surface area contributed by atoms with Gasteiger partial charge < -0.3 is 20.2 Å². The minimum absolute atomic E-state index is 0.353. The quantitative estimate of drug-likeness (QED) is 0.591. The van der Waals surface area contributed by atoms with Crippen molar-refractivity contribution in [3.8, 4) is 5.75 Å². The number of piperidine rings is 1. The highest BCUT2D eigenvalue weighted by atomic mass is 35.5. The van der Waals surface area contributed by atoms with Gasteiger partial charge in [-0.25, -0.2) is 0 Å². The molecule has 1 fully saturated rings. The van der Waals surface area contributed by atoms with Crippen LogP contribution >= 0.6 is 11.6 Å². The van der Waals surface area contributed by atoms with Crippen molar-refractivity contribution in [2.24, 2.45) is 0 Å². The molecule has 3 N–H and O–H groups in total. The number of anilines is 2. The number of aromatic nitrogens is 1. The molecule has 0 radical (unpaired) electrons. The fourth-order valence-electron chi connectivity index (χ4n) is 3.59. The van der Waals surface area contributed by atoms with Crippen LogP contribution in [0.25, 0.3) is 11.1 Å². The summed E-state index contributed by atoms with van der Waals surface area (Å²) in [6.45, 7) is 5.50. The zero-order valence-corrected chi connectivity index (χ0v) is 16.7.